The Labute approximate surface area is 177 Å². The Bertz CT molecular complexity index is 1090. The van der Waals surface area contributed by atoms with Gasteiger partial charge in [0.2, 0.25) is 0 Å². The molecule has 0 unspecified atom stereocenters. The molecule has 0 atom stereocenters. The summed E-state index contributed by atoms with van der Waals surface area (Å²) >= 11 is 12.6. The van der Waals surface area contributed by atoms with E-state index in [-0.39, 0.29) is 11.5 Å². The summed E-state index contributed by atoms with van der Waals surface area (Å²) < 4.78 is 12.5. The lowest BCUT2D eigenvalue weighted by Gasteiger charge is -2.30. The van der Waals surface area contributed by atoms with Crippen molar-refractivity contribution in [3.63, 3.8) is 0 Å². The Hall–Kier alpha value is -2.89. The first-order valence-corrected chi connectivity index (χ1v) is 9.55. The van der Waals surface area contributed by atoms with Crippen LogP contribution in [0.2, 0.25) is 10.0 Å². The number of rotatable bonds is 4. The Morgan fingerprint density at radius 2 is 1.38 bits per heavy atom. The van der Waals surface area contributed by atoms with Crippen LogP contribution < -0.4 is 9.47 Å². The second kappa shape index (κ2) is 7.17. The number of hydrogen-bond donors (Lipinski definition) is 2. The van der Waals surface area contributed by atoms with E-state index in [1.54, 1.807) is 62.4 Å². The van der Waals surface area contributed by atoms with Crippen LogP contribution >= 0.6 is 23.2 Å². The topological polar surface area (TPSA) is 71.3 Å². The highest BCUT2D eigenvalue weighted by molar-refractivity contribution is 6.36. The van der Waals surface area contributed by atoms with Gasteiger partial charge in [-0.2, -0.15) is 0 Å². The van der Waals surface area contributed by atoms with E-state index in [1.165, 1.54) is 6.21 Å². The molecule has 4 rings (SSSR count). The summed E-state index contributed by atoms with van der Waals surface area (Å²) in [7, 11) is 0. The van der Waals surface area contributed by atoms with E-state index in [9.17, 15) is 10.2 Å². The maximum atomic E-state index is 9.82. The summed E-state index contributed by atoms with van der Waals surface area (Å²) in [6.07, 6.45) is 1.52. The van der Waals surface area contributed by atoms with Crippen molar-refractivity contribution < 1.29 is 19.7 Å². The van der Waals surface area contributed by atoms with Crippen molar-refractivity contribution in [1.29, 1.82) is 0 Å². The van der Waals surface area contributed by atoms with Crippen LogP contribution in [0.15, 0.2) is 53.5 Å². The van der Waals surface area contributed by atoms with Gasteiger partial charge in [-0.05, 0) is 73.5 Å². The van der Waals surface area contributed by atoms with Crippen LogP contribution in [0.5, 0.6) is 23.0 Å². The average Bonchev–Trinajstić information content (AvgIpc) is 3.00. The van der Waals surface area contributed by atoms with Gasteiger partial charge in [-0.15, -0.1) is 0 Å². The zero-order valence-corrected chi connectivity index (χ0v) is 17.1. The molecule has 3 aromatic carbocycles. The minimum Gasteiger partial charge on any atom is -0.508 e. The van der Waals surface area contributed by atoms with Crippen LogP contribution in [-0.4, -0.2) is 16.4 Å². The number of fused-ring (bicyclic) bond motifs is 1. The molecule has 2 N–H and O–H groups in total. The predicted octanol–water partition coefficient (Wildman–Crippen LogP) is 6.05. The van der Waals surface area contributed by atoms with Crippen molar-refractivity contribution in [2.75, 3.05) is 0 Å². The van der Waals surface area contributed by atoms with Gasteiger partial charge in [0, 0.05) is 5.02 Å². The molecule has 0 aliphatic carbocycles. The SMILES string of the molecule is Cc1cc(OC2(Oc3ccc(O)c(C)c3)C=Nc3c(Cl)cc(Cl)cc32)ccc1O. The van der Waals surface area contributed by atoms with Crippen LogP contribution in [0.1, 0.15) is 16.7 Å². The molecule has 0 spiro atoms. The van der Waals surface area contributed by atoms with E-state index in [1.807, 2.05) is 0 Å². The molecule has 5 nitrogen and oxygen atoms in total. The lowest BCUT2D eigenvalue weighted by atomic mass is 10.1. The maximum Gasteiger partial charge on any atom is 0.318 e. The van der Waals surface area contributed by atoms with Crippen molar-refractivity contribution in [2.45, 2.75) is 19.6 Å². The van der Waals surface area contributed by atoms with E-state index in [4.69, 9.17) is 32.7 Å². The molecule has 0 amide bonds. The van der Waals surface area contributed by atoms with Crippen LogP contribution in [-0.2, 0) is 5.79 Å². The van der Waals surface area contributed by atoms with Gasteiger partial charge in [0.15, 0.2) is 0 Å². The van der Waals surface area contributed by atoms with Gasteiger partial charge in [-0.25, -0.2) is 0 Å². The first kappa shape index (κ1) is 19.4. The molecule has 1 aliphatic heterocycles. The van der Waals surface area contributed by atoms with E-state index in [0.29, 0.717) is 43.9 Å². The number of phenolic OH excluding ortho intramolecular Hbond substituents is 2. The van der Waals surface area contributed by atoms with Gasteiger partial charge in [0.1, 0.15) is 23.0 Å². The monoisotopic (exact) mass is 429 g/mol. The van der Waals surface area contributed by atoms with Gasteiger partial charge < -0.3 is 19.7 Å². The molecular weight excluding hydrogens is 413 g/mol. The van der Waals surface area contributed by atoms with Crippen molar-refractivity contribution in [1.82, 2.24) is 0 Å². The Balaban J connectivity index is 1.83. The Morgan fingerprint density at radius 3 is 1.90 bits per heavy atom. The van der Waals surface area contributed by atoms with E-state index in [2.05, 4.69) is 4.99 Å². The molecule has 0 radical (unpaired) electrons. The molecule has 0 bridgehead atoms. The largest absolute Gasteiger partial charge is 0.508 e. The first-order chi connectivity index (χ1) is 13.8. The summed E-state index contributed by atoms with van der Waals surface area (Å²) in [5.41, 5.74) is 2.35. The first-order valence-electron chi connectivity index (χ1n) is 8.79. The summed E-state index contributed by atoms with van der Waals surface area (Å²) in [6.45, 7) is 3.53. The third kappa shape index (κ3) is 3.59. The van der Waals surface area contributed by atoms with Crippen molar-refractivity contribution in [2.24, 2.45) is 4.99 Å². The van der Waals surface area contributed by atoms with Crippen molar-refractivity contribution in [3.05, 3.63) is 75.3 Å². The number of halogens is 2. The lowest BCUT2D eigenvalue weighted by molar-refractivity contribution is -0.0504. The van der Waals surface area contributed by atoms with Crippen LogP contribution in [0, 0.1) is 13.8 Å². The number of ether oxygens (including phenoxy) is 2. The minimum atomic E-state index is -1.43. The van der Waals surface area contributed by atoms with E-state index in [0.717, 1.165) is 0 Å². The van der Waals surface area contributed by atoms with Gasteiger partial charge in [-0.1, -0.05) is 23.2 Å². The quantitative estimate of drug-likeness (QED) is 0.495. The maximum absolute atomic E-state index is 9.82. The standard InChI is InChI=1S/C22H17Cl2NO4/c1-12-7-15(3-5-19(12)26)28-22(29-16-4-6-20(27)13(2)8-16)11-25-21-17(22)9-14(23)10-18(21)24/h3-11,26-27H,1-2H3. The van der Waals surface area contributed by atoms with Crippen LogP contribution in [0.4, 0.5) is 5.69 Å². The summed E-state index contributed by atoms with van der Waals surface area (Å²) in [6, 6.07) is 13.0. The molecule has 1 aliphatic rings. The summed E-state index contributed by atoms with van der Waals surface area (Å²) in [5.74, 6) is -0.185. The van der Waals surface area contributed by atoms with E-state index < -0.39 is 5.79 Å². The highest BCUT2D eigenvalue weighted by Crippen LogP contribution is 2.45. The fourth-order valence-electron chi connectivity index (χ4n) is 3.10. The third-order valence-electron chi connectivity index (χ3n) is 4.64. The molecule has 0 fully saturated rings. The number of aliphatic imine (C=N–C) groups is 1. The van der Waals surface area contributed by atoms with Crippen molar-refractivity contribution in [3.8, 4) is 23.0 Å². The summed E-state index contributed by atoms with van der Waals surface area (Å²) in [5, 5.41) is 20.4. The molecule has 0 saturated carbocycles. The Kier molecular flexibility index (Phi) is 4.81. The van der Waals surface area contributed by atoms with Crippen LogP contribution in [0.25, 0.3) is 0 Å². The van der Waals surface area contributed by atoms with Gasteiger partial charge in [-0.3, -0.25) is 4.99 Å². The number of aryl methyl sites for hydroxylation is 2. The molecule has 0 aromatic heterocycles. The Morgan fingerprint density at radius 1 is 0.828 bits per heavy atom. The number of aromatic hydroxyl groups is 2. The number of benzene rings is 3. The molecule has 29 heavy (non-hydrogen) atoms. The second-order valence-electron chi connectivity index (χ2n) is 6.81. The predicted molar refractivity (Wildman–Crippen MR) is 113 cm³/mol. The molecule has 148 valence electrons. The van der Waals surface area contributed by atoms with Gasteiger partial charge >= 0.3 is 5.79 Å². The minimum absolute atomic E-state index is 0.160. The second-order valence-corrected chi connectivity index (χ2v) is 7.65. The zero-order chi connectivity index (χ0) is 20.8. The van der Waals surface area contributed by atoms with Gasteiger partial charge in [0.25, 0.3) is 0 Å². The molecule has 0 saturated heterocycles. The molecule has 3 aromatic rings. The highest BCUT2D eigenvalue weighted by Gasteiger charge is 2.43. The number of hydrogen-bond acceptors (Lipinski definition) is 5. The molecule has 1 heterocycles. The number of phenols is 2. The zero-order valence-electron chi connectivity index (χ0n) is 15.6. The fraction of sp³-hybridized carbons (Fsp3) is 0.136. The lowest BCUT2D eigenvalue weighted by Crippen LogP contribution is -2.39. The fourth-order valence-corrected chi connectivity index (χ4v) is 3.64. The molecule has 7 heteroatoms. The third-order valence-corrected chi connectivity index (χ3v) is 5.15. The number of nitrogens with zero attached hydrogens (tertiary/aromatic N) is 1. The molecular formula is C22H17Cl2NO4. The van der Waals surface area contributed by atoms with Gasteiger partial charge in [0.05, 0.1) is 22.5 Å². The smallest absolute Gasteiger partial charge is 0.318 e. The normalized spacial score (nSPS) is 13.9. The highest BCUT2D eigenvalue weighted by atomic mass is 35.5. The summed E-state index contributed by atoms with van der Waals surface area (Å²) in [4.78, 5) is 4.40. The van der Waals surface area contributed by atoms with Crippen molar-refractivity contribution >= 4 is 35.1 Å². The van der Waals surface area contributed by atoms with E-state index >= 15 is 0 Å². The average molecular weight is 430 g/mol. The van der Waals surface area contributed by atoms with Crippen LogP contribution in [0.3, 0.4) is 0 Å².